The molecule has 0 aromatic rings. The van der Waals surface area contributed by atoms with Crippen LogP contribution in [0.15, 0.2) is 0 Å². The van der Waals surface area contributed by atoms with E-state index in [4.69, 9.17) is 9.84 Å². The summed E-state index contributed by atoms with van der Waals surface area (Å²) in [6, 6.07) is 0. The zero-order valence-corrected chi connectivity index (χ0v) is 8.53. The maximum absolute atomic E-state index is 11.5. The molecule has 1 aliphatic rings. The molecule has 0 saturated heterocycles. The highest BCUT2D eigenvalue weighted by Gasteiger charge is 2.38. The predicted molar refractivity (Wildman–Crippen MR) is 49.7 cm³/mol. The Bertz CT molecular complexity index is 234. The second-order valence-electron chi connectivity index (χ2n) is 3.97. The Morgan fingerprint density at radius 1 is 1.29 bits per heavy atom. The maximum atomic E-state index is 11.5. The lowest BCUT2D eigenvalue weighted by Crippen LogP contribution is -2.28. The average molecular weight is 200 g/mol. The molecule has 1 aliphatic carbocycles. The molecule has 2 atom stereocenters. The molecule has 4 nitrogen and oxygen atoms in total. The third-order valence-corrected chi connectivity index (χ3v) is 2.49. The smallest absolute Gasteiger partial charge is 0.310 e. The van der Waals surface area contributed by atoms with Crippen LogP contribution in [0.5, 0.6) is 0 Å². The van der Waals surface area contributed by atoms with Gasteiger partial charge in [0.1, 0.15) is 0 Å². The first-order chi connectivity index (χ1) is 6.52. The molecule has 1 fully saturated rings. The normalized spacial score (nSPS) is 26.5. The number of carboxylic acids is 1. The van der Waals surface area contributed by atoms with Crippen LogP contribution in [0.4, 0.5) is 0 Å². The molecular weight excluding hydrogens is 184 g/mol. The van der Waals surface area contributed by atoms with Gasteiger partial charge in [-0.3, -0.25) is 9.59 Å². The summed E-state index contributed by atoms with van der Waals surface area (Å²) in [5.74, 6) is -2.21. The van der Waals surface area contributed by atoms with Crippen LogP contribution in [-0.4, -0.2) is 23.1 Å². The van der Waals surface area contributed by atoms with E-state index >= 15 is 0 Å². The fourth-order valence-corrected chi connectivity index (χ4v) is 1.86. The number of carbonyl (C=O) groups is 2. The summed E-state index contributed by atoms with van der Waals surface area (Å²) in [7, 11) is 0. The standard InChI is InChI=1S/C10H16O4/c1-6(2)14-10(13)8-5-3-4-7(8)9(11)12/h6-8H,3-5H2,1-2H3,(H,11,12)/t7-,8+/m1/s1. The summed E-state index contributed by atoms with van der Waals surface area (Å²) in [6.45, 7) is 3.53. The largest absolute Gasteiger partial charge is 0.481 e. The average Bonchev–Trinajstić information content (AvgIpc) is 2.49. The minimum absolute atomic E-state index is 0.169. The van der Waals surface area contributed by atoms with Crippen LogP contribution in [0.3, 0.4) is 0 Å². The van der Waals surface area contributed by atoms with Gasteiger partial charge in [0.15, 0.2) is 0 Å². The molecule has 80 valence electrons. The van der Waals surface area contributed by atoms with Gasteiger partial charge in [-0.15, -0.1) is 0 Å². The number of ether oxygens (including phenoxy) is 1. The van der Waals surface area contributed by atoms with Crippen molar-refractivity contribution in [3.63, 3.8) is 0 Å². The summed E-state index contributed by atoms with van der Waals surface area (Å²) in [5.41, 5.74) is 0. The van der Waals surface area contributed by atoms with Gasteiger partial charge in [0.25, 0.3) is 0 Å². The van der Waals surface area contributed by atoms with Crippen LogP contribution >= 0.6 is 0 Å². The molecule has 0 aromatic carbocycles. The number of hydrogen-bond donors (Lipinski definition) is 1. The van der Waals surface area contributed by atoms with Crippen LogP contribution in [0, 0.1) is 11.8 Å². The van der Waals surface area contributed by atoms with Gasteiger partial charge >= 0.3 is 11.9 Å². The summed E-state index contributed by atoms with van der Waals surface area (Å²) in [6.07, 6.45) is 1.86. The van der Waals surface area contributed by atoms with Crippen molar-refractivity contribution in [2.24, 2.45) is 11.8 Å². The van der Waals surface area contributed by atoms with E-state index in [1.54, 1.807) is 13.8 Å². The highest BCUT2D eigenvalue weighted by molar-refractivity contribution is 5.81. The Balaban J connectivity index is 2.58. The molecule has 4 heteroatoms. The maximum Gasteiger partial charge on any atom is 0.310 e. The Labute approximate surface area is 83.2 Å². The molecule has 0 heterocycles. The second-order valence-corrected chi connectivity index (χ2v) is 3.97. The van der Waals surface area contributed by atoms with E-state index in [1.165, 1.54) is 0 Å². The van der Waals surface area contributed by atoms with Crippen molar-refractivity contribution in [3.8, 4) is 0 Å². The SMILES string of the molecule is CC(C)OC(=O)[C@H]1CCC[C@H]1C(=O)O. The molecule has 1 saturated carbocycles. The summed E-state index contributed by atoms with van der Waals surface area (Å²) < 4.78 is 5.01. The van der Waals surface area contributed by atoms with Gasteiger partial charge in [-0.05, 0) is 26.7 Å². The molecule has 14 heavy (non-hydrogen) atoms. The van der Waals surface area contributed by atoms with Crippen LogP contribution in [0.2, 0.25) is 0 Å². The summed E-state index contributed by atoms with van der Waals surface area (Å²) >= 11 is 0. The Hall–Kier alpha value is -1.06. The minimum Gasteiger partial charge on any atom is -0.481 e. The second kappa shape index (κ2) is 4.44. The van der Waals surface area contributed by atoms with Gasteiger partial charge in [0.05, 0.1) is 17.9 Å². The van der Waals surface area contributed by atoms with Crippen molar-refractivity contribution < 1.29 is 19.4 Å². The molecule has 1 N–H and O–H groups in total. The highest BCUT2D eigenvalue weighted by atomic mass is 16.5. The van der Waals surface area contributed by atoms with Crippen molar-refractivity contribution in [3.05, 3.63) is 0 Å². The molecule has 0 bridgehead atoms. The van der Waals surface area contributed by atoms with Crippen molar-refractivity contribution in [2.75, 3.05) is 0 Å². The molecule has 0 amide bonds. The van der Waals surface area contributed by atoms with Gasteiger partial charge in [0, 0.05) is 0 Å². The van der Waals surface area contributed by atoms with Crippen molar-refractivity contribution in [1.82, 2.24) is 0 Å². The van der Waals surface area contributed by atoms with Gasteiger partial charge in [-0.2, -0.15) is 0 Å². The van der Waals surface area contributed by atoms with Gasteiger partial charge in [0.2, 0.25) is 0 Å². The lowest BCUT2D eigenvalue weighted by Gasteiger charge is -2.16. The third kappa shape index (κ3) is 2.47. The van der Waals surface area contributed by atoms with Gasteiger partial charge in [-0.1, -0.05) is 6.42 Å². The molecule has 0 aromatic heterocycles. The van der Waals surface area contributed by atoms with E-state index in [1.807, 2.05) is 0 Å². The number of esters is 1. The topological polar surface area (TPSA) is 63.6 Å². The molecular formula is C10H16O4. The van der Waals surface area contributed by atoms with Crippen molar-refractivity contribution >= 4 is 11.9 Å². The highest BCUT2D eigenvalue weighted by Crippen LogP contribution is 2.33. The van der Waals surface area contributed by atoms with Crippen molar-refractivity contribution in [2.45, 2.75) is 39.2 Å². The predicted octanol–water partition coefficient (Wildman–Crippen LogP) is 1.44. The quantitative estimate of drug-likeness (QED) is 0.700. The lowest BCUT2D eigenvalue weighted by atomic mass is 9.96. The van der Waals surface area contributed by atoms with E-state index < -0.39 is 17.8 Å². The number of hydrogen-bond acceptors (Lipinski definition) is 3. The Morgan fingerprint density at radius 2 is 1.86 bits per heavy atom. The van der Waals surface area contributed by atoms with Crippen LogP contribution in [0.25, 0.3) is 0 Å². The molecule has 1 rings (SSSR count). The van der Waals surface area contributed by atoms with E-state index in [-0.39, 0.29) is 12.1 Å². The summed E-state index contributed by atoms with van der Waals surface area (Å²) in [4.78, 5) is 22.3. The van der Waals surface area contributed by atoms with E-state index in [0.717, 1.165) is 6.42 Å². The molecule has 0 spiro atoms. The van der Waals surface area contributed by atoms with Crippen LogP contribution in [-0.2, 0) is 14.3 Å². The monoisotopic (exact) mass is 200 g/mol. The first-order valence-corrected chi connectivity index (χ1v) is 4.95. The fraction of sp³-hybridized carbons (Fsp3) is 0.800. The van der Waals surface area contributed by atoms with E-state index in [0.29, 0.717) is 12.8 Å². The van der Waals surface area contributed by atoms with Gasteiger partial charge < -0.3 is 9.84 Å². The fourth-order valence-electron chi connectivity index (χ4n) is 1.86. The first-order valence-electron chi connectivity index (χ1n) is 4.95. The molecule has 0 radical (unpaired) electrons. The Kier molecular flexibility index (Phi) is 3.49. The van der Waals surface area contributed by atoms with Crippen molar-refractivity contribution in [1.29, 1.82) is 0 Å². The number of aliphatic carboxylic acids is 1. The zero-order valence-electron chi connectivity index (χ0n) is 8.53. The lowest BCUT2D eigenvalue weighted by molar-refractivity contribution is -0.159. The minimum atomic E-state index is -0.881. The van der Waals surface area contributed by atoms with E-state index in [9.17, 15) is 9.59 Å². The zero-order chi connectivity index (χ0) is 10.7. The van der Waals surface area contributed by atoms with E-state index in [2.05, 4.69) is 0 Å². The number of carbonyl (C=O) groups excluding carboxylic acids is 1. The van der Waals surface area contributed by atoms with Crippen LogP contribution in [0.1, 0.15) is 33.1 Å². The van der Waals surface area contributed by atoms with Crippen LogP contribution < -0.4 is 0 Å². The van der Waals surface area contributed by atoms with Gasteiger partial charge in [-0.25, -0.2) is 0 Å². The Morgan fingerprint density at radius 3 is 2.36 bits per heavy atom. The number of carboxylic acid groups (broad SMARTS) is 1. The molecule has 0 unspecified atom stereocenters. The first kappa shape index (κ1) is 11.0. The number of rotatable bonds is 3. The third-order valence-electron chi connectivity index (χ3n) is 2.49. The molecule has 0 aliphatic heterocycles. The summed E-state index contributed by atoms with van der Waals surface area (Å²) in [5, 5.41) is 8.86.